The fourth-order valence-corrected chi connectivity index (χ4v) is 3.65. The Balaban J connectivity index is 2.61. The highest BCUT2D eigenvalue weighted by Gasteiger charge is 2.23. The summed E-state index contributed by atoms with van der Waals surface area (Å²) in [6.45, 7) is 0.376. The van der Waals surface area contributed by atoms with E-state index in [0.717, 1.165) is 5.56 Å². The first-order valence-corrected chi connectivity index (χ1v) is 11.0. The van der Waals surface area contributed by atoms with Gasteiger partial charge < -0.3 is 15.5 Å². The van der Waals surface area contributed by atoms with Gasteiger partial charge in [0.05, 0.1) is 5.75 Å². The van der Waals surface area contributed by atoms with E-state index in [-0.39, 0.29) is 25.2 Å². The van der Waals surface area contributed by atoms with Crippen LogP contribution in [0.5, 0.6) is 0 Å². The minimum atomic E-state index is -4.12. The maximum Gasteiger partial charge on any atom is 0.320 e. The topological polar surface area (TPSA) is 141 Å². The highest BCUT2D eigenvalue weighted by Crippen LogP contribution is 2.21. The van der Waals surface area contributed by atoms with E-state index < -0.39 is 33.9 Å². The molecule has 9 heteroatoms. The van der Waals surface area contributed by atoms with Crippen molar-refractivity contribution >= 4 is 22.1 Å². The van der Waals surface area contributed by atoms with Gasteiger partial charge in [0.25, 0.3) is 10.1 Å². The average Bonchev–Trinajstić information content (AvgIpc) is 2.61. The highest BCUT2D eigenvalue weighted by molar-refractivity contribution is 7.85. The Morgan fingerprint density at radius 3 is 2.25 bits per heavy atom. The van der Waals surface area contributed by atoms with Crippen molar-refractivity contribution in [2.75, 3.05) is 5.75 Å². The van der Waals surface area contributed by atoms with Gasteiger partial charge in [-0.25, -0.2) is 0 Å². The fraction of sp³-hybridized carbons (Fsp3) is 0.579. The van der Waals surface area contributed by atoms with Gasteiger partial charge in [-0.15, -0.1) is 0 Å². The molecule has 8 nitrogen and oxygen atoms in total. The Morgan fingerprint density at radius 1 is 1.00 bits per heavy atom. The Hall–Kier alpha value is -1.97. The molecule has 0 saturated carbocycles. The largest absolute Gasteiger partial charge is 0.481 e. The molecule has 0 heterocycles. The van der Waals surface area contributed by atoms with Crippen molar-refractivity contribution in [2.45, 2.75) is 57.5 Å². The molecule has 0 spiro atoms. The maximum atomic E-state index is 11.6. The van der Waals surface area contributed by atoms with Gasteiger partial charge in [-0.05, 0) is 30.7 Å². The lowest BCUT2D eigenvalue weighted by Crippen LogP contribution is -2.38. The zero-order chi connectivity index (χ0) is 21.0. The first-order valence-electron chi connectivity index (χ1n) is 9.34. The van der Waals surface area contributed by atoms with Gasteiger partial charge in [0.1, 0.15) is 6.04 Å². The quantitative estimate of drug-likeness (QED) is 0.253. The molecule has 0 radical (unpaired) electrons. The average molecular weight is 416 g/mol. The summed E-state index contributed by atoms with van der Waals surface area (Å²) < 4.78 is 31.2. The molecule has 0 bridgehead atoms. The van der Waals surface area contributed by atoms with E-state index in [2.05, 4.69) is 5.32 Å². The summed E-state index contributed by atoms with van der Waals surface area (Å²) >= 11 is 0. The Kier molecular flexibility index (Phi) is 10.7. The second kappa shape index (κ2) is 12.5. The predicted molar refractivity (Wildman–Crippen MR) is 105 cm³/mol. The summed E-state index contributed by atoms with van der Waals surface area (Å²) in [6, 6.07) is 8.51. The van der Waals surface area contributed by atoms with Gasteiger partial charge >= 0.3 is 11.9 Å². The summed E-state index contributed by atoms with van der Waals surface area (Å²) in [5, 5.41) is 21.2. The number of benzene rings is 1. The minimum Gasteiger partial charge on any atom is -0.481 e. The second-order valence-corrected chi connectivity index (χ2v) is 8.50. The summed E-state index contributed by atoms with van der Waals surface area (Å²) in [6.07, 6.45) is 2.91. The van der Waals surface area contributed by atoms with Crippen LogP contribution in [0.3, 0.4) is 0 Å². The molecule has 0 saturated heterocycles. The highest BCUT2D eigenvalue weighted by atomic mass is 32.2. The van der Waals surface area contributed by atoms with Crippen LogP contribution in [-0.4, -0.2) is 46.9 Å². The van der Waals surface area contributed by atoms with Crippen molar-refractivity contribution in [1.82, 2.24) is 5.32 Å². The van der Waals surface area contributed by atoms with Crippen LogP contribution in [0.25, 0.3) is 0 Å². The summed E-state index contributed by atoms with van der Waals surface area (Å²) in [5.74, 6) is -2.51. The first-order chi connectivity index (χ1) is 13.2. The van der Waals surface area contributed by atoms with Crippen LogP contribution >= 0.6 is 0 Å². The Labute approximate surface area is 165 Å². The van der Waals surface area contributed by atoms with Crippen molar-refractivity contribution in [1.29, 1.82) is 0 Å². The molecule has 1 rings (SSSR count). The van der Waals surface area contributed by atoms with Gasteiger partial charge in [-0.1, -0.05) is 49.6 Å². The molecule has 158 valence electrons. The summed E-state index contributed by atoms with van der Waals surface area (Å²) in [4.78, 5) is 22.2. The number of carbonyl (C=O) groups is 2. The molecule has 0 amide bonds. The number of aliphatic carboxylic acids is 2. The number of unbranched alkanes of at least 4 members (excludes halogenated alkanes) is 2. The van der Waals surface area contributed by atoms with Crippen LogP contribution in [0.4, 0.5) is 0 Å². The van der Waals surface area contributed by atoms with Crippen molar-refractivity contribution in [2.24, 2.45) is 5.92 Å². The zero-order valence-electron chi connectivity index (χ0n) is 15.8. The molecular weight excluding hydrogens is 386 g/mol. The third-order valence-electron chi connectivity index (χ3n) is 4.55. The van der Waals surface area contributed by atoms with Crippen molar-refractivity contribution in [3.8, 4) is 0 Å². The molecule has 1 aromatic carbocycles. The SMILES string of the molecule is O=C(O)CCCCCC(CCS(=O)(=O)O)CC(NCc1ccccc1)C(=O)O. The molecule has 2 unspecified atom stereocenters. The van der Waals surface area contributed by atoms with E-state index in [1.165, 1.54) is 0 Å². The third kappa shape index (κ3) is 11.7. The van der Waals surface area contributed by atoms with Gasteiger partial charge in [-0.3, -0.25) is 14.1 Å². The molecule has 0 aromatic heterocycles. The third-order valence-corrected chi connectivity index (χ3v) is 5.30. The number of hydrogen-bond acceptors (Lipinski definition) is 5. The number of carboxylic acid groups (broad SMARTS) is 2. The normalized spacial score (nSPS) is 13.8. The first kappa shape index (κ1) is 24.1. The lowest BCUT2D eigenvalue weighted by Gasteiger charge is -2.22. The fourth-order valence-electron chi connectivity index (χ4n) is 3.02. The lowest BCUT2D eigenvalue weighted by atomic mass is 9.91. The predicted octanol–water partition coefficient (Wildman–Crippen LogP) is 2.55. The molecule has 2 atom stereocenters. The second-order valence-electron chi connectivity index (χ2n) is 6.93. The van der Waals surface area contributed by atoms with Crippen LogP contribution in [0, 0.1) is 5.92 Å². The Morgan fingerprint density at radius 2 is 1.68 bits per heavy atom. The van der Waals surface area contributed by atoms with E-state index >= 15 is 0 Å². The van der Waals surface area contributed by atoms with Gasteiger partial charge in [0, 0.05) is 13.0 Å². The van der Waals surface area contributed by atoms with Crippen LogP contribution in [0.2, 0.25) is 0 Å². The molecule has 0 aliphatic carbocycles. The maximum absolute atomic E-state index is 11.6. The number of nitrogens with one attached hydrogen (secondary N) is 1. The van der Waals surface area contributed by atoms with Crippen molar-refractivity contribution in [3.63, 3.8) is 0 Å². The standard InChI is InChI=1S/C19H29NO7S/c21-18(22)10-6-2-3-7-15(11-12-28(25,26)27)13-17(19(23)24)20-14-16-8-4-1-5-9-16/h1,4-5,8-9,15,17,20H,2-3,6-7,10-14H2,(H,21,22)(H,23,24)(H,25,26,27). The molecule has 4 N–H and O–H groups in total. The number of rotatable bonds is 15. The van der Waals surface area contributed by atoms with Crippen LogP contribution < -0.4 is 5.32 Å². The van der Waals surface area contributed by atoms with Crippen LogP contribution in [-0.2, 0) is 26.3 Å². The van der Waals surface area contributed by atoms with E-state index in [1.54, 1.807) is 0 Å². The van der Waals surface area contributed by atoms with Crippen LogP contribution in [0.1, 0.15) is 50.5 Å². The van der Waals surface area contributed by atoms with Crippen molar-refractivity contribution in [3.05, 3.63) is 35.9 Å². The molecule has 0 aliphatic heterocycles. The molecule has 0 aliphatic rings. The molecule has 1 aromatic rings. The molecular formula is C19H29NO7S. The Bertz CT molecular complexity index is 706. The van der Waals surface area contributed by atoms with E-state index in [9.17, 15) is 23.1 Å². The lowest BCUT2D eigenvalue weighted by molar-refractivity contribution is -0.140. The smallest absolute Gasteiger partial charge is 0.320 e. The monoisotopic (exact) mass is 415 g/mol. The van der Waals surface area contributed by atoms with Crippen LogP contribution in [0.15, 0.2) is 30.3 Å². The summed E-state index contributed by atoms with van der Waals surface area (Å²) in [7, 11) is -4.12. The van der Waals surface area contributed by atoms with Gasteiger partial charge in [0.2, 0.25) is 0 Å². The molecule has 28 heavy (non-hydrogen) atoms. The van der Waals surface area contributed by atoms with E-state index in [1.807, 2.05) is 30.3 Å². The zero-order valence-corrected chi connectivity index (χ0v) is 16.6. The minimum absolute atomic E-state index is 0.0755. The van der Waals surface area contributed by atoms with Gasteiger partial charge in [0.15, 0.2) is 0 Å². The molecule has 0 fully saturated rings. The van der Waals surface area contributed by atoms with E-state index in [4.69, 9.17) is 9.66 Å². The van der Waals surface area contributed by atoms with Crippen molar-refractivity contribution < 1.29 is 32.8 Å². The van der Waals surface area contributed by atoms with Gasteiger partial charge in [-0.2, -0.15) is 8.42 Å². The van der Waals surface area contributed by atoms with E-state index in [0.29, 0.717) is 32.2 Å². The number of carboxylic acids is 2. The summed E-state index contributed by atoms with van der Waals surface area (Å²) in [5.41, 5.74) is 0.942. The number of hydrogen-bond donors (Lipinski definition) is 4.